The summed E-state index contributed by atoms with van der Waals surface area (Å²) in [5, 5.41) is 5.43. The third kappa shape index (κ3) is 5.31. The van der Waals surface area contributed by atoms with Crippen LogP contribution in [0, 0.1) is 13.8 Å². The van der Waals surface area contributed by atoms with Crippen LogP contribution in [-0.2, 0) is 14.3 Å². The summed E-state index contributed by atoms with van der Waals surface area (Å²) in [6.07, 6.45) is 0.624. The van der Waals surface area contributed by atoms with Gasteiger partial charge in [0.2, 0.25) is 0 Å². The molecule has 0 aliphatic carbocycles. The Bertz CT molecular complexity index is 1480. The average Bonchev–Trinajstić information content (AvgIpc) is 3.12. The van der Waals surface area contributed by atoms with E-state index in [4.69, 9.17) is 16.3 Å². The largest absolute Gasteiger partial charge is 0.462 e. The van der Waals surface area contributed by atoms with Crippen molar-refractivity contribution in [1.82, 2.24) is 0 Å². The molecule has 0 atom stereocenters. The number of carbonyl (C=O) groups is 4. The Kier molecular flexibility index (Phi) is 7.93. The maximum atomic E-state index is 13.3. The Labute approximate surface area is 225 Å². The SMILES string of the molecule is CCCOC(=O)c1ccccc1N1C(=O)C(Cl)=C(Nc2cccc(C(=O)Nc3cccc(C)c3C)c2)C1=O. The minimum Gasteiger partial charge on any atom is -0.462 e. The first-order valence-corrected chi connectivity index (χ1v) is 12.4. The summed E-state index contributed by atoms with van der Waals surface area (Å²) >= 11 is 6.29. The van der Waals surface area contributed by atoms with Crippen LogP contribution in [0.5, 0.6) is 0 Å². The van der Waals surface area contributed by atoms with Gasteiger partial charge in [-0.25, -0.2) is 9.69 Å². The maximum absolute atomic E-state index is 13.3. The number of halogens is 1. The number of nitrogens with zero attached hydrogens (tertiary/aromatic N) is 1. The number of imide groups is 1. The maximum Gasteiger partial charge on any atom is 0.340 e. The third-order valence-corrected chi connectivity index (χ3v) is 6.43. The molecule has 0 saturated carbocycles. The number of nitrogens with one attached hydrogen (secondary N) is 2. The van der Waals surface area contributed by atoms with E-state index >= 15 is 0 Å². The molecule has 9 heteroatoms. The zero-order chi connectivity index (χ0) is 27.4. The van der Waals surface area contributed by atoms with E-state index in [-0.39, 0.29) is 34.5 Å². The molecule has 194 valence electrons. The highest BCUT2D eigenvalue weighted by atomic mass is 35.5. The highest BCUT2D eigenvalue weighted by Crippen LogP contribution is 2.32. The highest BCUT2D eigenvalue weighted by molar-refractivity contribution is 6.53. The van der Waals surface area contributed by atoms with Crippen LogP contribution in [0.3, 0.4) is 0 Å². The lowest BCUT2D eigenvalue weighted by molar-refractivity contribution is -0.120. The Hall–Kier alpha value is -4.43. The second-order valence-corrected chi connectivity index (χ2v) is 9.07. The number of hydrogen-bond donors (Lipinski definition) is 2. The lowest BCUT2D eigenvalue weighted by Gasteiger charge is -2.18. The number of esters is 1. The summed E-state index contributed by atoms with van der Waals surface area (Å²) in [5.74, 6) is -2.50. The average molecular weight is 532 g/mol. The Morgan fingerprint density at radius 2 is 1.68 bits per heavy atom. The van der Waals surface area contributed by atoms with E-state index < -0.39 is 17.8 Å². The predicted octanol–water partition coefficient (Wildman–Crippen LogP) is 5.56. The van der Waals surface area contributed by atoms with Crippen LogP contribution in [0.4, 0.5) is 17.1 Å². The summed E-state index contributed by atoms with van der Waals surface area (Å²) in [4.78, 5) is 52.6. The van der Waals surface area contributed by atoms with Gasteiger partial charge in [0.15, 0.2) is 0 Å². The lowest BCUT2D eigenvalue weighted by Crippen LogP contribution is -2.33. The van der Waals surface area contributed by atoms with E-state index in [1.807, 2.05) is 39.0 Å². The molecule has 38 heavy (non-hydrogen) atoms. The first-order chi connectivity index (χ1) is 18.2. The molecule has 0 radical (unpaired) electrons. The van der Waals surface area contributed by atoms with E-state index in [2.05, 4.69) is 10.6 Å². The Morgan fingerprint density at radius 3 is 2.45 bits per heavy atom. The number of carbonyl (C=O) groups excluding carboxylic acids is 4. The molecular weight excluding hydrogens is 506 g/mol. The molecule has 3 aromatic carbocycles. The van der Waals surface area contributed by atoms with Crippen LogP contribution in [0.1, 0.15) is 45.2 Å². The Morgan fingerprint density at radius 1 is 0.947 bits per heavy atom. The van der Waals surface area contributed by atoms with Gasteiger partial charge in [-0.2, -0.15) is 0 Å². The van der Waals surface area contributed by atoms with Gasteiger partial charge < -0.3 is 15.4 Å². The number of anilines is 3. The number of para-hydroxylation sites is 1. The van der Waals surface area contributed by atoms with Crippen molar-refractivity contribution in [3.8, 4) is 0 Å². The fraction of sp³-hybridized carbons (Fsp3) is 0.172. The molecule has 0 bridgehead atoms. The molecule has 1 aliphatic rings. The van der Waals surface area contributed by atoms with Gasteiger partial charge in [-0.05, 0) is 67.8 Å². The summed E-state index contributed by atoms with van der Waals surface area (Å²) in [6, 6.07) is 18.3. The smallest absolute Gasteiger partial charge is 0.340 e. The molecule has 0 spiro atoms. The van der Waals surface area contributed by atoms with Crippen molar-refractivity contribution in [2.24, 2.45) is 0 Å². The van der Waals surface area contributed by atoms with E-state index in [9.17, 15) is 19.2 Å². The number of ether oxygens (including phenoxy) is 1. The van der Waals surface area contributed by atoms with E-state index in [1.165, 1.54) is 12.1 Å². The molecule has 1 aliphatic heterocycles. The topological polar surface area (TPSA) is 105 Å². The molecule has 0 saturated heterocycles. The molecule has 0 aromatic heterocycles. The monoisotopic (exact) mass is 531 g/mol. The van der Waals surface area contributed by atoms with Crippen LogP contribution in [0.2, 0.25) is 0 Å². The summed E-state index contributed by atoms with van der Waals surface area (Å²) in [5.41, 5.74) is 3.40. The van der Waals surface area contributed by atoms with Gasteiger partial charge in [-0.3, -0.25) is 14.4 Å². The number of amides is 3. The summed E-state index contributed by atoms with van der Waals surface area (Å²) in [6.45, 7) is 5.95. The lowest BCUT2D eigenvalue weighted by atomic mass is 10.1. The van der Waals surface area contributed by atoms with Crippen molar-refractivity contribution in [3.05, 3.63) is 99.7 Å². The van der Waals surface area contributed by atoms with E-state index in [1.54, 1.807) is 36.4 Å². The van der Waals surface area contributed by atoms with Crippen molar-refractivity contribution >= 4 is 52.4 Å². The highest BCUT2D eigenvalue weighted by Gasteiger charge is 2.40. The van der Waals surface area contributed by atoms with Crippen molar-refractivity contribution in [3.63, 3.8) is 0 Å². The third-order valence-electron chi connectivity index (χ3n) is 6.08. The molecule has 1 heterocycles. The van der Waals surface area contributed by atoms with E-state index in [0.717, 1.165) is 16.0 Å². The van der Waals surface area contributed by atoms with Crippen molar-refractivity contribution in [1.29, 1.82) is 0 Å². The molecular formula is C29H26ClN3O5. The Balaban J connectivity index is 1.56. The number of benzene rings is 3. The van der Waals surface area contributed by atoms with E-state index in [0.29, 0.717) is 23.4 Å². The van der Waals surface area contributed by atoms with Crippen molar-refractivity contribution in [2.45, 2.75) is 27.2 Å². The minimum absolute atomic E-state index is 0.0680. The molecule has 3 aromatic rings. The first kappa shape index (κ1) is 26.6. The molecule has 2 N–H and O–H groups in total. The first-order valence-electron chi connectivity index (χ1n) is 12.0. The standard InChI is InChI=1S/C29H26ClN3O5/c1-4-15-38-29(37)21-12-5-6-14-23(21)33-27(35)24(30)25(28(33)36)31-20-11-8-10-19(16-20)26(34)32-22-13-7-9-17(2)18(22)3/h5-14,16,31H,4,15H2,1-3H3,(H,32,34). The quantitative estimate of drug-likeness (QED) is 0.291. The number of aryl methyl sites for hydroxylation is 1. The van der Waals surface area contributed by atoms with Gasteiger partial charge in [-0.1, -0.05) is 48.9 Å². The second kappa shape index (κ2) is 11.3. The van der Waals surface area contributed by atoms with Crippen LogP contribution in [0.25, 0.3) is 0 Å². The van der Waals surface area contributed by atoms with Gasteiger partial charge in [-0.15, -0.1) is 0 Å². The van der Waals surface area contributed by atoms with Crippen molar-refractivity contribution in [2.75, 3.05) is 22.1 Å². The summed E-state index contributed by atoms with van der Waals surface area (Å²) < 4.78 is 5.20. The van der Waals surface area contributed by atoms with Gasteiger partial charge in [0.25, 0.3) is 17.7 Å². The molecule has 4 rings (SSSR count). The second-order valence-electron chi connectivity index (χ2n) is 8.70. The number of rotatable bonds is 8. The fourth-order valence-corrected chi connectivity index (χ4v) is 4.12. The molecule has 0 fully saturated rings. The van der Waals surface area contributed by atoms with Gasteiger partial charge in [0.1, 0.15) is 10.7 Å². The van der Waals surface area contributed by atoms with Crippen LogP contribution in [-0.4, -0.2) is 30.3 Å². The summed E-state index contributed by atoms with van der Waals surface area (Å²) in [7, 11) is 0. The van der Waals surface area contributed by atoms with Gasteiger partial charge in [0.05, 0.1) is 17.9 Å². The van der Waals surface area contributed by atoms with Crippen LogP contribution < -0.4 is 15.5 Å². The van der Waals surface area contributed by atoms with Crippen LogP contribution >= 0.6 is 11.6 Å². The fourth-order valence-electron chi connectivity index (χ4n) is 3.91. The minimum atomic E-state index is -0.779. The van der Waals surface area contributed by atoms with Gasteiger partial charge in [0, 0.05) is 16.9 Å². The molecule has 3 amide bonds. The predicted molar refractivity (Wildman–Crippen MR) is 146 cm³/mol. The zero-order valence-corrected chi connectivity index (χ0v) is 21.9. The zero-order valence-electron chi connectivity index (χ0n) is 21.1. The number of hydrogen-bond acceptors (Lipinski definition) is 6. The van der Waals surface area contributed by atoms with Crippen LogP contribution in [0.15, 0.2) is 77.5 Å². The molecule has 0 unspecified atom stereocenters. The van der Waals surface area contributed by atoms with Crippen molar-refractivity contribution < 1.29 is 23.9 Å². The molecule has 8 nitrogen and oxygen atoms in total. The normalized spacial score (nSPS) is 13.1. The van der Waals surface area contributed by atoms with Gasteiger partial charge >= 0.3 is 5.97 Å².